The first kappa shape index (κ1) is 38.6. The summed E-state index contributed by atoms with van der Waals surface area (Å²) in [6.45, 7) is 18.5. The van der Waals surface area contributed by atoms with Gasteiger partial charge in [0.1, 0.15) is 22.4 Å². The van der Waals surface area contributed by atoms with Crippen LogP contribution in [0.25, 0.3) is 10.8 Å². The number of halogens is 1. The number of aryl methyl sites for hydroxylation is 1. The van der Waals surface area contributed by atoms with E-state index in [0.717, 1.165) is 16.3 Å². The minimum atomic E-state index is -3.79. The zero-order chi connectivity index (χ0) is 36.5. The van der Waals surface area contributed by atoms with Gasteiger partial charge in [-0.3, -0.25) is 14.3 Å². The largest absolute Gasteiger partial charge is 0.472 e. The maximum Gasteiger partial charge on any atom is 0.408 e. The lowest BCUT2D eigenvalue weighted by molar-refractivity contribution is -0.137. The first-order valence-corrected chi connectivity index (χ1v) is 18.9. The number of carbonyl (C=O) groups is 3. The van der Waals surface area contributed by atoms with Crippen molar-refractivity contribution >= 4 is 54.6 Å². The number of sulfonamides is 1. The van der Waals surface area contributed by atoms with Gasteiger partial charge in [-0.2, -0.15) is 0 Å². The number of hydrogen-bond acceptors (Lipinski definition) is 9. The van der Waals surface area contributed by atoms with E-state index in [2.05, 4.69) is 42.8 Å². The summed E-state index contributed by atoms with van der Waals surface area (Å²) in [4.78, 5) is 47.1. The Labute approximate surface area is 298 Å². The smallest absolute Gasteiger partial charge is 0.408 e. The Morgan fingerprint density at radius 1 is 1.10 bits per heavy atom. The van der Waals surface area contributed by atoms with Crippen molar-refractivity contribution in [2.45, 2.75) is 116 Å². The Morgan fingerprint density at radius 3 is 2.31 bits per heavy atom. The summed E-state index contributed by atoms with van der Waals surface area (Å²) in [7, 11) is -3.79. The number of likely N-dealkylation sites (tertiary alicyclic amines) is 1. The molecule has 2 heterocycles. The topological polar surface area (TPSA) is 156 Å². The van der Waals surface area contributed by atoms with Crippen molar-refractivity contribution in [3.8, 4) is 5.88 Å². The van der Waals surface area contributed by atoms with Gasteiger partial charge in [-0.25, -0.2) is 18.2 Å². The molecule has 4 rings (SSSR count). The van der Waals surface area contributed by atoms with Crippen LogP contribution >= 0.6 is 15.9 Å². The van der Waals surface area contributed by atoms with Gasteiger partial charge in [0, 0.05) is 24.4 Å². The highest BCUT2D eigenvalue weighted by atomic mass is 79.9. The van der Waals surface area contributed by atoms with Crippen LogP contribution in [0.1, 0.15) is 79.7 Å². The van der Waals surface area contributed by atoms with Crippen LogP contribution in [-0.2, 0) is 24.3 Å². The number of benzene rings is 1. The summed E-state index contributed by atoms with van der Waals surface area (Å²) in [5, 5.41) is 7.28. The van der Waals surface area contributed by atoms with Crippen LogP contribution < -0.4 is 20.1 Å². The van der Waals surface area contributed by atoms with Crippen molar-refractivity contribution < 1.29 is 32.3 Å². The first-order valence-electron chi connectivity index (χ1n) is 16.6. The summed E-state index contributed by atoms with van der Waals surface area (Å²) in [5.41, 5.74) is -1.83. The van der Waals surface area contributed by atoms with Crippen molar-refractivity contribution in [1.29, 1.82) is 0 Å². The predicted molar refractivity (Wildman–Crippen MR) is 193 cm³/mol. The predicted octanol–water partition coefficient (Wildman–Crippen LogP) is 5.13. The second-order valence-corrected chi connectivity index (χ2v) is 18.0. The Hall–Kier alpha value is -3.23. The number of nitrogens with one attached hydrogen (secondary N) is 3. The fourth-order valence-electron chi connectivity index (χ4n) is 5.83. The van der Waals surface area contributed by atoms with Gasteiger partial charge in [-0.15, -0.1) is 6.58 Å². The van der Waals surface area contributed by atoms with Crippen LogP contribution in [0.15, 0.2) is 41.5 Å². The van der Waals surface area contributed by atoms with Crippen LogP contribution in [0.5, 0.6) is 5.88 Å². The van der Waals surface area contributed by atoms with Gasteiger partial charge in [-0.05, 0) is 92.2 Å². The Balaban J connectivity index is 1.64. The molecule has 49 heavy (non-hydrogen) atoms. The number of fused-ring (bicyclic) bond motifs is 1. The molecule has 2 aliphatic rings. The third-order valence-electron chi connectivity index (χ3n) is 8.76. The molecular formula is C35H50BrN5O7S. The van der Waals surface area contributed by atoms with Gasteiger partial charge in [0.05, 0.1) is 17.3 Å². The normalized spacial score (nSPS) is 20.3. The number of alkyl carbamates (subject to hydrolysis) is 1. The molecule has 3 amide bonds. The number of hydrogen-bond donors (Lipinski definition) is 3. The average Bonchev–Trinajstić information content (AvgIpc) is 3.78. The van der Waals surface area contributed by atoms with Crippen LogP contribution in [0, 0.1) is 12.3 Å². The molecule has 1 saturated carbocycles. The molecule has 1 saturated heterocycles. The van der Waals surface area contributed by atoms with E-state index in [1.807, 2.05) is 52.0 Å². The van der Waals surface area contributed by atoms with E-state index in [9.17, 15) is 22.8 Å². The fourth-order valence-corrected chi connectivity index (χ4v) is 7.61. The van der Waals surface area contributed by atoms with E-state index in [4.69, 9.17) is 9.47 Å². The Kier molecular flexibility index (Phi) is 11.5. The monoisotopic (exact) mass is 763 g/mol. The van der Waals surface area contributed by atoms with Crippen LogP contribution in [-0.4, -0.2) is 83.9 Å². The third kappa shape index (κ3) is 9.52. The van der Waals surface area contributed by atoms with E-state index < -0.39 is 62.0 Å². The molecule has 1 aromatic carbocycles. The molecule has 0 spiro atoms. The molecule has 270 valence electrons. The molecule has 0 unspecified atom stereocenters. The lowest BCUT2D eigenvalue weighted by atomic mass is 9.85. The molecule has 3 N–H and O–H groups in total. The zero-order valence-electron chi connectivity index (χ0n) is 29.7. The Bertz CT molecular complexity index is 1700. The molecule has 4 atom stereocenters. The van der Waals surface area contributed by atoms with Gasteiger partial charge in [0.2, 0.25) is 21.8 Å². The maximum atomic E-state index is 14.4. The highest BCUT2D eigenvalue weighted by molar-refractivity contribution is 9.10. The van der Waals surface area contributed by atoms with E-state index >= 15 is 0 Å². The van der Waals surface area contributed by atoms with E-state index in [1.54, 1.807) is 38.7 Å². The second kappa shape index (κ2) is 14.6. The molecule has 2 aromatic rings. The van der Waals surface area contributed by atoms with Gasteiger partial charge < -0.3 is 25.0 Å². The molecule has 1 aliphatic heterocycles. The second-order valence-electron chi connectivity index (χ2n) is 15.3. The van der Waals surface area contributed by atoms with E-state index in [-0.39, 0.29) is 25.4 Å². The SMILES string of the molecule is C=CC[C@@](C)(NC[C@@H]1C[C@@H](Oc2nc(Br)c(C)c3ccccc23)CN1C(=O)[C@@H](NC(=O)OC(C)(C)C)C(C)(C)C)C(=O)NS(=O)(=O)C1CC1. The average molecular weight is 765 g/mol. The number of pyridine rings is 1. The lowest BCUT2D eigenvalue weighted by Gasteiger charge is -2.37. The molecule has 0 radical (unpaired) electrons. The van der Waals surface area contributed by atoms with Crippen molar-refractivity contribution in [2.75, 3.05) is 13.1 Å². The summed E-state index contributed by atoms with van der Waals surface area (Å²) in [5.74, 6) is -0.618. The highest BCUT2D eigenvalue weighted by Crippen LogP contribution is 2.34. The van der Waals surface area contributed by atoms with Gasteiger partial charge >= 0.3 is 6.09 Å². The molecule has 14 heteroatoms. The molecule has 2 fully saturated rings. The minimum Gasteiger partial charge on any atom is -0.472 e. The standard InChI is InChI=1S/C35H50BrN5O7S/c1-10-17-35(9,31(43)40-49(45,46)24-15-16-24)37-19-22-18-23(47-29-26-14-12-11-13-25(26)21(2)28(36)39-29)20-41(22)30(42)27(33(3,4)5)38-32(44)48-34(6,7)8/h10-14,22-24,27,37H,1,15-20H2,2-9H3,(H,38,44)(H,40,43)/t22-,23+,27+,35+/m0/s1. The lowest BCUT2D eigenvalue weighted by Crippen LogP contribution is -2.60. The van der Waals surface area contributed by atoms with E-state index in [0.29, 0.717) is 29.7 Å². The van der Waals surface area contributed by atoms with Crippen molar-refractivity contribution in [3.05, 3.63) is 47.1 Å². The number of aromatic nitrogens is 1. The summed E-state index contributed by atoms with van der Waals surface area (Å²) >= 11 is 3.55. The first-order chi connectivity index (χ1) is 22.6. The minimum absolute atomic E-state index is 0.127. The van der Waals surface area contributed by atoms with Gasteiger partial charge in [0.15, 0.2) is 0 Å². The molecular weight excluding hydrogens is 714 g/mol. The zero-order valence-corrected chi connectivity index (χ0v) is 32.1. The number of nitrogens with zero attached hydrogens (tertiary/aromatic N) is 2. The molecule has 1 aromatic heterocycles. The third-order valence-corrected chi connectivity index (χ3v) is 11.4. The quantitative estimate of drug-likeness (QED) is 0.197. The molecule has 1 aliphatic carbocycles. The summed E-state index contributed by atoms with van der Waals surface area (Å²) in [6.07, 6.45) is 1.89. The molecule has 12 nitrogen and oxygen atoms in total. The maximum absolute atomic E-state index is 14.4. The number of rotatable bonds is 12. The summed E-state index contributed by atoms with van der Waals surface area (Å²) in [6, 6.07) is 6.32. The van der Waals surface area contributed by atoms with Gasteiger partial charge in [-0.1, -0.05) is 45.0 Å². The van der Waals surface area contributed by atoms with Crippen molar-refractivity contribution in [1.82, 2.24) is 25.2 Å². The Morgan fingerprint density at radius 2 is 1.73 bits per heavy atom. The number of carbonyl (C=O) groups excluding carboxylic acids is 3. The highest BCUT2D eigenvalue weighted by Gasteiger charge is 2.46. The summed E-state index contributed by atoms with van der Waals surface area (Å²) < 4.78 is 40.2. The number of ether oxygens (including phenoxy) is 2. The van der Waals surface area contributed by atoms with Crippen LogP contribution in [0.2, 0.25) is 0 Å². The van der Waals surface area contributed by atoms with E-state index in [1.165, 1.54) is 0 Å². The van der Waals surface area contributed by atoms with Crippen LogP contribution in [0.4, 0.5) is 4.79 Å². The van der Waals surface area contributed by atoms with Crippen molar-refractivity contribution in [2.24, 2.45) is 5.41 Å². The number of amides is 3. The van der Waals surface area contributed by atoms with Crippen LogP contribution in [0.3, 0.4) is 0 Å². The molecule has 0 bridgehead atoms. The van der Waals surface area contributed by atoms with Crippen molar-refractivity contribution in [3.63, 3.8) is 0 Å². The van der Waals surface area contributed by atoms with Gasteiger partial charge in [0.25, 0.3) is 5.91 Å². The fraction of sp³-hybridized carbons (Fsp3) is 0.600.